The molecule has 0 radical (unpaired) electrons. The standard InChI is InChI=1S/C11H17NO2S/c1-8(13)6-4-5-7-15-11-12-9(2)10(3)14-11/h4-7H2,1-3H3. The van der Waals surface area contributed by atoms with Crippen molar-refractivity contribution < 1.29 is 9.21 Å². The van der Waals surface area contributed by atoms with Gasteiger partial charge >= 0.3 is 0 Å². The van der Waals surface area contributed by atoms with Crippen LogP contribution in [0.4, 0.5) is 0 Å². The molecule has 1 heterocycles. The third-order valence-electron chi connectivity index (χ3n) is 2.16. The topological polar surface area (TPSA) is 43.1 Å². The van der Waals surface area contributed by atoms with Crippen LogP contribution in [-0.4, -0.2) is 16.5 Å². The Morgan fingerprint density at radius 1 is 1.40 bits per heavy atom. The van der Waals surface area contributed by atoms with Gasteiger partial charge in [0, 0.05) is 12.2 Å². The Morgan fingerprint density at radius 2 is 2.13 bits per heavy atom. The van der Waals surface area contributed by atoms with E-state index in [-0.39, 0.29) is 5.78 Å². The van der Waals surface area contributed by atoms with Gasteiger partial charge in [0.05, 0.1) is 5.69 Å². The Bertz CT molecular complexity index is 314. The molecule has 0 saturated carbocycles. The van der Waals surface area contributed by atoms with Crippen molar-refractivity contribution in [2.75, 3.05) is 5.75 Å². The van der Waals surface area contributed by atoms with E-state index in [0.717, 1.165) is 35.3 Å². The fourth-order valence-electron chi connectivity index (χ4n) is 1.14. The number of thioether (sulfide) groups is 1. The van der Waals surface area contributed by atoms with Gasteiger partial charge in [0.15, 0.2) is 0 Å². The molecule has 1 aromatic heterocycles. The second kappa shape index (κ2) is 5.95. The molecule has 0 aliphatic rings. The van der Waals surface area contributed by atoms with Gasteiger partial charge < -0.3 is 9.21 Å². The molecular formula is C11H17NO2S. The summed E-state index contributed by atoms with van der Waals surface area (Å²) in [6.07, 6.45) is 2.68. The van der Waals surface area contributed by atoms with Crippen LogP contribution in [0.3, 0.4) is 0 Å². The van der Waals surface area contributed by atoms with E-state index in [1.807, 2.05) is 13.8 Å². The van der Waals surface area contributed by atoms with Crippen LogP contribution in [0.1, 0.15) is 37.6 Å². The summed E-state index contributed by atoms with van der Waals surface area (Å²) in [6.45, 7) is 5.49. The van der Waals surface area contributed by atoms with E-state index >= 15 is 0 Å². The van der Waals surface area contributed by atoms with Crippen molar-refractivity contribution in [3.8, 4) is 0 Å². The summed E-state index contributed by atoms with van der Waals surface area (Å²) in [6, 6.07) is 0. The maximum Gasteiger partial charge on any atom is 0.256 e. The van der Waals surface area contributed by atoms with E-state index in [2.05, 4.69) is 4.98 Å². The summed E-state index contributed by atoms with van der Waals surface area (Å²) in [5, 5.41) is 0.743. The van der Waals surface area contributed by atoms with Crippen LogP contribution < -0.4 is 0 Å². The zero-order chi connectivity index (χ0) is 11.3. The lowest BCUT2D eigenvalue weighted by molar-refractivity contribution is -0.117. The van der Waals surface area contributed by atoms with Crippen molar-refractivity contribution in [3.63, 3.8) is 0 Å². The van der Waals surface area contributed by atoms with Crippen LogP contribution >= 0.6 is 11.8 Å². The first kappa shape index (κ1) is 12.3. The SMILES string of the molecule is CC(=O)CCCCSc1nc(C)c(C)o1. The maximum absolute atomic E-state index is 10.7. The van der Waals surface area contributed by atoms with E-state index < -0.39 is 0 Å². The molecule has 3 nitrogen and oxygen atoms in total. The zero-order valence-corrected chi connectivity index (χ0v) is 10.3. The molecule has 0 unspecified atom stereocenters. The molecule has 0 fully saturated rings. The molecule has 0 spiro atoms. The van der Waals surface area contributed by atoms with Crippen molar-refractivity contribution in [1.82, 2.24) is 4.98 Å². The highest BCUT2D eigenvalue weighted by Gasteiger charge is 2.05. The van der Waals surface area contributed by atoms with Crippen molar-refractivity contribution in [2.24, 2.45) is 0 Å². The van der Waals surface area contributed by atoms with Crippen molar-refractivity contribution in [2.45, 2.75) is 45.3 Å². The molecule has 0 aliphatic carbocycles. The number of aryl methyl sites for hydroxylation is 2. The fraction of sp³-hybridized carbons (Fsp3) is 0.636. The minimum absolute atomic E-state index is 0.266. The van der Waals surface area contributed by atoms with Crippen molar-refractivity contribution in [3.05, 3.63) is 11.5 Å². The molecule has 0 aromatic carbocycles. The lowest BCUT2D eigenvalue weighted by atomic mass is 10.2. The van der Waals surface area contributed by atoms with Crippen molar-refractivity contribution in [1.29, 1.82) is 0 Å². The number of oxazole rings is 1. The number of aromatic nitrogens is 1. The molecule has 0 N–H and O–H groups in total. The molecule has 0 atom stereocenters. The van der Waals surface area contributed by atoms with E-state index in [1.165, 1.54) is 0 Å². The largest absolute Gasteiger partial charge is 0.437 e. The van der Waals surface area contributed by atoms with Crippen LogP contribution in [0.5, 0.6) is 0 Å². The Kier molecular flexibility index (Phi) is 4.88. The summed E-state index contributed by atoms with van der Waals surface area (Å²) in [5.74, 6) is 2.12. The van der Waals surface area contributed by atoms with Gasteiger partial charge in [-0.3, -0.25) is 0 Å². The fourth-order valence-corrected chi connectivity index (χ4v) is 2.05. The molecular weight excluding hydrogens is 210 g/mol. The van der Waals surface area contributed by atoms with Gasteiger partial charge in [-0.25, -0.2) is 4.98 Å². The van der Waals surface area contributed by atoms with E-state index in [4.69, 9.17) is 4.42 Å². The number of ketones is 1. The second-order valence-electron chi connectivity index (χ2n) is 3.63. The Balaban J connectivity index is 2.18. The van der Waals surface area contributed by atoms with Crippen LogP contribution in [0.25, 0.3) is 0 Å². The highest BCUT2D eigenvalue weighted by molar-refractivity contribution is 7.99. The van der Waals surface area contributed by atoms with Gasteiger partial charge in [-0.1, -0.05) is 11.8 Å². The summed E-state index contributed by atoms with van der Waals surface area (Å²) in [4.78, 5) is 15.0. The number of Topliss-reactive ketones (excluding diaryl/α,β-unsaturated/α-hetero) is 1. The molecule has 1 rings (SSSR count). The van der Waals surface area contributed by atoms with Crippen molar-refractivity contribution >= 4 is 17.5 Å². The van der Waals surface area contributed by atoms with Gasteiger partial charge in [0.2, 0.25) is 0 Å². The maximum atomic E-state index is 10.7. The smallest absolute Gasteiger partial charge is 0.256 e. The normalized spacial score (nSPS) is 10.6. The quantitative estimate of drug-likeness (QED) is 0.553. The monoisotopic (exact) mass is 227 g/mol. The summed E-state index contributed by atoms with van der Waals surface area (Å²) in [7, 11) is 0. The molecule has 0 saturated heterocycles. The number of rotatable bonds is 6. The first-order valence-electron chi connectivity index (χ1n) is 5.16. The Hall–Kier alpha value is -0.770. The third-order valence-corrected chi connectivity index (χ3v) is 3.07. The Labute approximate surface area is 94.6 Å². The minimum Gasteiger partial charge on any atom is -0.437 e. The first-order chi connectivity index (χ1) is 7.09. The average molecular weight is 227 g/mol. The number of carbonyl (C=O) groups is 1. The summed E-state index contributed by atoms with van der Waals surface area (Å²) in [5.41, 5.74) is 0.959. The molecule has 84 valence electrons. The number of hydrogen-bond acceptors (Lipinski definition) is 4. The van der Waals surface area contributed by atoms with Gasteiger partial charge in [-0.2, -0.15) is 0 Å². The molecule has 4 heteroatoms. The average Bonchev–Trinajstić information content (AvgIpc) is 2.45. The zero-order valence-electron chi connectivity index (χ0n) is 9.50. The first-order valence-corrected chi connectivity index (χ1v) is 6.14. The summed E-state index contributed by atoms with van der Waals surface area (Å²) >= 11 is 1.62. The lowest BCUT2D eigenvalue weighted by Crippen LogP contribution is -1.90. The number of unbranched alkanes of at least 4 members (excludes halogenated alkanes) is 1. The van der Waals surface area contributed by atoms with Crippen LogP contribution in [0.15, 0.2) is 9.64 Å². The van der Waals surface area contributed by atoms with Crippen LogP contribution in [0, 0.1) is 13.8 Å². The van der Waals surface area contributed by atoms with E-state index in [0.29, 0.717) is 6.42 Å². The number of carbonyl (C=O) groups excluding carboxylic acids is 1. The predicted octanol–water partition coefficient (Wildman–Crippen LogP) is 3.14. The highest BCUT2D eigenvalue weighted by atomic mass is 32.2. The van der Waals surface area contributed by atoms with Gasteiger partial charge in [0.1, 0.15) is 11.5 Å². The van der Waals surface area contributed by atoms with E-state index in [9.17, 15) is 4.79 Å². The van der Waals surface area contributed by atoms with Gasteiger partial charge in [-0.15, -0.1) is 0 Å². The molecule has 1 aromatic rings. The Morgan fingerprint density at radius 3 is 2.67 bits per heavy atom. The van der Waals surface area contributed by atoms with Gasteiger partial charge in [-0.05, 0) is 33.6 Å². The minimum atomic E-state index is 0.266. The number of hydrogen-bond donors (Lipinski definition) is 0. The molecule has 0 aliphatic heterocycles. The predicted molar refractivity (Wildman–Crippen MR) is 61.2 cm³/mol. The molecule has 0 amide bonds. The second-order valence-corrected chi connectivity index (χ2v) is 4.68. The third kappa shape index (κ3) is 4.51. The molecule has 15 heavy (non-hydrogen) atoms. The van der Waals surface area contributed by atoms with Crippen LogP contribution in [-0.2, 0) is 4.79 Å². The van der Waals surface area contributed by atoms with E-state index in [1.54, 1.807) is 18.7 Å². The van der Waals surface area contributed by atoms with Gasteiger partial charge in [0.25, 0.3) is 5.22 Å². The molecule has 0 bridgehead atoms. The van der Waals surface area contributed by atoms with Crippen LogP contribution in [0.2, 0.25) is 0 Å². The number of nitrogens with zero attached hydrogens (tertiary/aromatic N) is 1. The summed E-state index contributed by atoms with van der Waals surface area (Å²) < 4.78 is 5.43. The lowest BCUT2D eigenvalue weighted by Gasteiger charge is -1.96. The highest BCUT2D eigenvalue weighted by Crippen LogP contribution is 2.21.